The summed E-state index contributed by atoms with van der Waals surface area (Å²) in [4.78, 5) is 21.1. The Morgan fingerprint density at radius 2 is 2.12 bits per heavy atom. The maximum atomic E-state index is 12.8. The van der Waals surface area contributed by atoms with Crippen LogP contribution in [0.3, 0.4) is 0 Å². The van der Waals surface area contributed by atoms with E-state index in [0.717, 1.165) is 24.4 Å². The third-order valence-corrected chi connectivity index (χ3v) is 4.84. The minimum absolute atomic E-state index is 0.0711. The number of carbonyl (C=O) groups is 1. The van der Waals surface area contributed by atoms with Crippen LogP contribution < -0.4 is 0 Å². The molecule has 4 rings (SSSR count). The lowest BCUT2D eigenvalue weighted by molar-refractivity contribution is 0.0507. The van der Waals surface area contributed by atoms with Gasteiger partial charge in [-0.3, -0.25) is 4.79 Å². The molecule has 1 spiro atoms. The molecular weight excluding hydrogens is 306 g/mol. The summed E-state index contributed by atoms with van der Waals surface area (Å²) in [7, 11) is 1.96. The number of fused-ring (bicyclic) bond motifs is 1. The second kappa shape index (κ2) is 4.96. The van der Waals surface area contributed by atoms with Gasteiger partial charge in [0.2, 0.25) is 0 Å². The molecule has 0 saturated carbocycles. The molecule has 1 amide bonds. The molecule has 0 aliphatic carbocycles. The van der Waals surface area contributed by atoms with Crippen molar-refractivity contribution in [2.24, 2.45) is 0 Å². The second-order valence-electron chi connectivity index (χ2n) is 6.85. The van der Waals surface area contributed by atoms with Crippen LogP contribution in [0.25, 0.3) is 5.65 Å². The lowest BCUT2D eigenvalue weighted by Gasteiger charge is -2.22. The first-order chi connectivity index (χ1) is 11.4. The average molecular weight is 327 g/mol. The van der Waals surface area contributed by atoms with Gasteiger partial charge in [-0.2, -0.15) is 5.10 Å². The molecular formula is C17H21N5O2. The van der Waals surface area contributed by atoms with Crippen LogP contribution in [0.1, 0.15) is 28.3 Å². The van der Waals surface area contributed by atoms with E-state index in [0.29, 0.717) is 30.3 Å². The number of hydrogen-bond acceptors (Lipinski definition) is 5. The standard InChI is InChI=1S/C17H21N5O2/c1-11-7-12(2)22-15(18-11)8-14(19-22)16(23)21-6-5-17(10-21)9-20(4)13(3)24-17/h7-8H,3,5-6,9-10H2,1-2,4H3. The number of aryl methyl sites for hydroxylation is 2. The van der Waals surface area contributed by atoms with Gasteiger partial charge in [0.25, 0.3) is 5.91 Å². The van der Waals surface area contributed by atoms with Crippen LogP contribution in [0, 0.1) is 13.8 Å². The summed E-state index contributed by atoms with van der Waals surface area (Å²) in [5.74, 6) is 0.602. The van der Waals surface area contributed by atoms with Gasteiger partial charge in [0.05, 0.1) is 13.1 Å². The minimum Gasteiger partial charge on any atom is -0.469 e. The van der Waals surface area contributed by atoms with Crippen molar-refractivity contribution in [3.63, 3.8) is 0 Å². The number of carbonyl (C=O) groups excluding carboxylic acids is 1. The molecule has 2 aromatic heterocycles. The number of likely N-dealkylation sites (N-methyl/N-ethyl adjacent to an activating group) is 1. The van der Waals surface area contributed by atoms with Crippen LogP contribution in [0.4, 0.5) is 0 Å². The first-order valence-electron chi connectivity index (χ1n) is 8.09. The summed E-state index contributed by atoms with van der Waals surface area (Å²) in [5, 5.41) is 4.44. The SMILES string of the molecule is C=C1OC2(CCN(C(=O)c3cc4nc(C)cc(C)n4n3)C2)CN1C. The number of likely N-dealkylation sites (tertiary alicyclic amines) is 1. The summed E-state index contributed by atoms with van der Waals surface area (Å²) in [6, 6.07) is 3.71. The molecule has 7 heteroatoms. The Labute approximate surface area is 140 Å². The summed E-state index contributed by atoms with van der Waals surface area (Å²) >= 11 is 0. The monoisotopic (exact) mass is 327 g/mol. The number of aromatic nitrogens is 3. The molecule has 2 aliphatic heterocycles. The lowest BCUT2D eigenvalue weighted by atomic mass is 10.0. The number of nitrogens with zero attached hydrogens (tertiary/aromatic N) is 5. The Balaban J connectivity index is 1.59. The van der Waals surface area contributed by atoms with Gasteiger partial charge in [0.15, 0.2) is 17.2 Å². The quantitative estimate of drug-likeness (QED) is 0.791. The number of hydrogen-bond donors (Lipinski definition) is 0. The minimum atomic E-state index is -0.328. The number of rotatable bonds is 1. The molecule has 0 N–H and O–H groups in total. The highest BCUT2D eigenvalue weighted by atomic mass is 16.5. The molecule has 2 aromatic rings. The third kappa shape index (κ3) is 2.23. The first kappa shape index (κ1) is 15.0. The van der Waals surface area contributed by atoms with E-state index in [1.165, 1.54) is 0 Å². The Bertz CT molecular complexity index is 858. The van der Waals surface area contributed by atoms with Crippen molar-refractivity contribution in [3.05, 3.63) is 41.7 Å². The van der Waals surface area contributed by atoms with Crippen molar-refractivity contribution < 1.29 is 9.53 Å². The van der Waals surface area contributed by atoms with Crippen molar-refractivity contribution in [2.45, 2.75) is 25.9 Å². The maximum absolute atomic E-state index is 12.8. The zero-order valence-corrected chi connectivity index (χ0v) is 14.2. The zero-order valence-electron chi connectivity index (χ0n) is 14.2. The van der Waals surface area contributed by atoms with E-state index >= 15 is 0 Å². The van der Waals surface area contributed by atoms with Crippen LogP contribution in [0.5, 0.6) is 0 Å². The lowest BCUT2D eigenvalue weighted by Crippen LogP contribution is -2.39. The van der Waals surface area contributed by atoms with Crippen LogP contribution >= 0.6 is 0 Å². The van der Waals surface area contributed by atoms with E-state index in [4.69, 9.17) is 4.74 Å². The summed E-state index contributed by atoms with van der Waals surface area (Å²) < 4.78 is 7.65. The second-order valence-corrected chi connectivity index (χ2v) is 6.85. The number of amides is 1. The molecule has 0 radical (unpaired) electrons. The average Bonchev–Trinajstić information content (AvgIpc) is 3.17. The van der Waals surface area contributed by atoms with E-state index in [-0.39, 0.29) is 11.5 Å². The van der Waals surface area contributed by atoms with Crippen molar-refractivity contribution in [2.75, 3.05) is 26.7 Å². The topological polar surface area (TPSA) is 63.0 Å². The van der Waals surface area contributed by atoms with Gasteiger partial charge < -0.3 is 14.5 Å². The molecule has 2 fully saturated rings. The predicted octanol–water partition coefficient (Wildman–Crippen LogP) is 1.36. The van der Waals surface area contributed by atoms with Crippen molar-refractivity contribution in [1.29, 1.82) is 0 Å². The molecule has 1 unspecified atom stereocenters. The fourth-order valence-electron chi connectivity index (χ4n) is 3.66. The third-order valence-electron chi connectivity index (χ3n) is 4.84. The van der Waals surface area contributed by atoms with Crippen molar-refractivity contribution in [1.82, 2.24) is 24.4 Å². The van der Waals surface area contributed by atoms with Gasteiger partial charge in [0.1, 0.15) is 5.60 Å². The molecule has 0 aromatic carbocycles. The summed E-state index contributed by atoms with van der Waals surface area (Å²) in [6.07, 6.45) is 0.811. The Morgan fingerprint density at radius 1 is 1.33 bits per heavy atom. The smallest absolute Gasteiger partial charge is 0.274 e. The van der Waals surface area contributed by atoms with E-state index < -0.39 is 0 Å². The van der Waals surface area contributed by atoms with E-state index in [1.54, 1.807) is 10.6 Å². The molecule has 0 bridgehead atoms. The van der Waals surface area contributed by atoms with Gasteiger partial charge in [-0.1, -0.05) is 0 Å². The van der Waals surface area contributed by atoms with Gasteiger partial charge in [0, 0.05) is 37.5 Å². The molecule has 1 atom stereocenters. The van der Waals surface area contributed by atoms with Gasteiger partial charge in [-0.15, -0.1) is 0 Å². The molecule has 2 saturated heterocycles. The largest absolute Gasteiger partial charge is 0.469 e. The van der Waals surface area contributed by atoms with E-state index in [9.17, 15) is 4.79 Å². The zero-order chi connectivity index (χ0) is 17.1. The van der Waals surface area contributed by atoms with Crippen LogP contribution in [0.2, 0.25) is 0 Å². The van der Waals surface area contributed by atoms with E-state index in [1.807, 2.05) is 36.8 Å². The predicted molar refractivity (Wildman–Crippen MR) is 88.6 cm³/mol. The van der Waals surface area contributed by atoms with Gasteiger partial charge in [-0.05, 0) is 26.5 Å². The van der Waals surface area contributed by atoms with Crippen LogP contribution in [-0.4, -0.2) is 62.6 Å². The van der Waals surface area contributed by atoms with Crippen LogP contribution in [-0.2, 0) is 4.74 Å². The fraction of sp³-hybridized carbons (Fsp3) is 0.471. The normalized spacial score (nSPS) is 23.5. The highest BCUT2D eigenvalue weighted by molar-refractivity contribution is 5.93. The fourth-order valence-corrected chi connectivity index (χ4v) is 3.66. The number of ether oxygens (including phenoxy) is 1. The Hall–Kier alpha value is -2.57. The van der Waals surface area contributed by atoms with Crippen LogP contribution in [0.15, 0.2) is 24.6 Å². The summed E-state index contributed by atoms with van der Waals surface area (Å²) in [6.45, 7) is 9.80. The summed E-state index contributed by atoms with van der Waals surface area (Å²) in [5.41, 5.74) is 2.69. The Kier molecular flexibility index (Phi) is 3.10. The van der Waals surface area contributed by atoms with Crippen molar-refractivity contribution in [3.8, 4) is 0 Å². The molecule has 2 aliphatic rings. The van der Waals surface area contributed by atoms with Crippen molar-refractivity contribution >= 4 is 11.6 Å². The van der Waals surface area contributed by atoms with Gasteiger partial charge in [-0.25, -0.2) is 9.50 Å². The molecule has 126 valence electrons. The highest BCUT2D eigenvalue weighted by Gasteiger charge is 2.47. The molecule has 24 heavy (non-hydrogen) atoms. The highest BCUT2D eigenvalue weighted by Crippen LogP contribution is 2.35. The molecule has 7 nitrogen and oxygen atoms in total. The van der Waals surface area contributed by atoms with Gasteiger partial charge >= 0.3 is 0 Å². The molecule has 4 heterocycles. The van der Waals surface area contributed by atoms with E-state index in [2.05, 4.69) is 16.7 Å². The first-order valence-corrected chi connectivity index (χ1v) is 8.09. The maximum Gasteiger partial charge on any atom is 0.274 e. The Morgan fingerprint density at radius 3 is 2.83 bits per heavy atom.